The van der Waals surface area contributed by atoms with Crippen LogP contribution < -0.4 is 5.73 Å². The minimum absolute atomic E-state index is 0.167. The second-order valence-electron chi connectivity index (χ2n) is 10.1. The largest absolute Gasteiger partial charge is 0.443 e. The van der Waals surface area contributed by atoms with Crippen LogP contribution in [0.4, 0.5) is 24.1 Å². The molecule has 0 aromatic heterocycles. The molecule has 1 heterocycles. The summed E-state index contributed by atoms with van der Waals surface area (Å²) >= 11 is 0. The average molecular weight is 505 g/mol. The first-order valence-electron chi connectivity index (χ1n) is 10.2. The highest BCUT2D eigenvalue weighted by Gasteiger charge is 2.48. The Labute approximate surface area is 197 Å². The van der Waals surface area contributed by atoms with Crippen molar-refractivity contribution in [2.24, 2.45) is 4.99 Å². The first-order chi connectivity index (χ1) is 15.2. The number of carbonyl (C=O) groups excluding carboxylic acids is 2. The molecule has 0 saturated carbocycles. The number of anilines is 1. The highest BCUT2D eigenvalue weighted by Crippen LogP contribution is 2.36. The summed E-state index contributed by atoms with van der Waals surface area (Å²) in [6.45, 7) is 10.4. The lowest BCUT2D eigenvalue weighted by molar-refractivity contribution is 0.0133. The molecule has 0 aliphatic carbocycles. The molecule has 0 radical (unpaired) electrons. The van der Waals surface area contributed by atoms with E-state index in [2.05, 4.69) is 4.99 Å². The van der Waals surface area contributed by atoms with Crippen LogP contribution in [-0.4, -0.2) is 59.8 Å². The number of hydrogen-bond acceptors (Lipinski definition) is 8. The van der Waals surface area contributed by atoms with Gasteiger partial charge in [-0.15, -0.1) is 4.90 Å². The third kappa shape index (κ3) is 5.93. The van der Waals surface area contributed by atoms with E-state index in [-0.39, 0.29) is 5.69 Å². The Morgan fingerprint density at radius 2 is 1.56 bits per heavy atom. The molecule has 2 amide bonds. The molecule has 0 saturated heterocycles. The van der Waals surface area contributed by atoms with Crippen LogP contribution in [0.3, 0.4) is 0 Å². The highest BCUT2D eigenvalue weighted by molar-refractivity contribution is 7.89. The zero-order chi connectivity index (χ0) is 26.4. The topological polar surface area (TPSA) is 132 Å². The fourth-order valence-corrected chi connectivity index (χ4v) is 4.58. The van der Waals surface area contributed by atoms with Crippen LogP contribution >= 0.6 is 0 Å². The SMILES string of the molecule is CN1C(N(C(=O)OC(C)(C)C)C(=O)OC(C)(C)C)=N[C@](C)(c2cc(N)cc(F)c2F)CS1(=O)=O. The number of nitrogens with zero attached hydrogens (tertiary/aromatic N) is 3. The lowest BCUT2D eigenvalue weighted by Crippen LogP contribution is -2.58. The van der Waals surface area contributed by atoms with Gasteiger partial charge in [0.05, 0.1) is 5.75 Å². The second-order valence-corrected chi connectivity index (χ2v) is 12.1. The Balaban J connectivity index is 2.79. The summed E-state index contributed by atoms with van der Waals surface area (Å²) in [4.78, 5) is 30.6. The van der Waals surface area contributed by atoms with Gasteiger partial charge in [0.2, 0.25) is 16.0 Å². The Morgan fingerprint density at radius 3 is 2.00 bits per heavy atom. The van der Waals surface area contributed by atoms with Crippen LogP contribution in [0.1, 0.15) is 54.0 Å². The van der Waals surface area contributed by atoms with Crippen LogP contribution in [0, 0.1) is 11.6 Å². The lowest BCUT2D eigenvalue weighted by Gasteiger charge is -2.39. The van der Waals surface area contributed by atoms with Gasteiger partial charge in [0.15, 0.2) is 11.6 Å². The summed E-state index contributed by atoms with van der Waals surface area (Å²) in [6.07, 6.45) is -2.54. The number of hydrogen-bond donors (Lipinski definition) is 1. The van der Waals surface area contributed by atoms with Crippen LogP contribution in [0.5, 0.6) is 0 Å². The monoisotopic (exact) mass is 504 g/mol. The molecule has 1 aromatic rings. The number of sulfonamides is 1. The molecule has 0 fully saturated rings. The van der Waals surface area contributed by atoms with Crippen LogP contribution in [0.2, 0.25) is 0 Å². The Hall–Kier alpha value is -2.96. The van der Waals surface area contributed by atoms with Crippen molar-refractivity contribution in [2.45, 2.75) is 65.2 Å². The number of benzene rings is 1. The molecular weight excluding hydrogens is 474 g/mol. The fraction of sp³-hybridized carbons (Fsp3) is 0.571. The van der Waals surface area contributed by atoms with E-state index in [1.807, 2.05) is 0 Å². The van der Waals surface area contributed by atoms with E-state index in [4.69, 9.17) is 15.2 Å². The van der Waals surface area contributed by atoms with E-state index in [0.717, 1.165) is 19.2 Å². The van der Waals surface area contributed by atoms with Crippen molar-refractivity contribution in [3.63, 3.8) is 0 Å². The van der Waals surface area contributed by atoms with Crippen molar-refractivity contribution in [3.05, 3.63) is 29.3 Å². The van der Waals surface area contributed by atoms with Gasteiger partial charge < -0.3 is 15.2 Å². The number of halogens is 2. The molecule has 1 atom stereocenters. The van der Waals surface area contributed by atoms with Crippen LogP contribution in [0.15, 0.2) is 17.1 Å². The first kappa shape index (κ1) is 27.3. The van der Waals surface area contributed by atoms with Crippen LogP contribution in [-0.2, 0) is 25.0 Å². The summed E-state index contributed by atoms with van der Waals surface area (Å²) in [6, 6.07) is 1.79. The summed E-state index contributed by atoms with van der Waals surface area (Å²) in [5, 5.41) is 0. The Bertz CT molecular complexity index is 1110. The average Bonchev–Trinajstić information content (AvgIpc) is 2.58. The predicted octanol–water partition coefficient (Wildman–Crippen LogP) is 3.57. The maximum atomic E-state index is 14.7. The Morgan fingerprint density at radius 1 is 1.09 bits per heavy atom. The molecular formula is C21H30F2N4O6S. The van der Waals surface area contributed by atoms with Gasteiger partial charge in [0, 0.05) is 18.3 Å². The number of ether oxygens (including phenoxy) is 2. The maximum Gasteiger partial charge on any atom is 0.427 e. The number of nitrogens with two attached hydrogens (primary N) is 1. The van der Waals surface area contributed by atoms with Gasteiger partial charge in [0.1, 0.15) is 16.7 Å². The molecule has 190 valence electrons. The molecule has 2 N–H and O–H groups in total. The molecule has 0 unspecified atom stereocenters. The summed E-state index contributed by atoms with van der Waals surface area (Å²) in [7, 11) is -3.23. The third-order valence-corrected chi connectivity index (χ3v) is 6.42. The smallest absolute Gasteiger partial charge is 0.427 e. The lowest BCUT2D eigenvalue weighted by atomic mass is 9.93. The fourth-order valence-electron chi connectivity index (χ4n) is 3.08. The quantitative estimate of drug-likeness (QED) is 0.578. The van der Waals surface area contributed by atoms with E-state index < -0.39 is 67.9 Å². The molecule has 1 aromatic carbocycles. The number of nitrogen functional groups attached to an aromatic ring is 1. The zero-order valence-electron chi connectivity index (χ0n) is 20.4. The number of guanidine groups is 1. The van der Waals surface area contributed by atoms with Crippen molar-refractivity contribution in [1.29, 1.82) is 0 Å². The standard InChI is InChI=1S/C21H30F2N4O6S/c1-19(2,3)32-17(28)27(18(29)33-20(4,5)6)16-25-21(7,11-34(30,31)26(16)8)13-9-12(24)10-14(22)15(13)23/h9-10H,11,24H2,1-8H3/t21-/m0/s1. The number of amides is 2. The predicted molar refractivity (Wildman–Crippen MR) is 121 cm³/mol. The summed E-state index contributed by atoms with van der Waals surface area (Å²) in [5.41, 5.74) is 0.911. The maximum absolute atomic E-state index is 14.7. The Kier molecular flexibility index (Phi) is 6.96. The van der Waals surface area contributed by atoms with E-state index in [1.54, 1.807) is 0 Å². The van der Waals surface area contributed by atoms with Crippen molar-refractivity contribution < 1.29 is 36.3 Å². The summed E-state index contributed by atoms with van der Waals surface area (Å²) < 4.78 is 66.1. The van der Waals surface area contributed by atoms with E-state index >= 15 is 0 Å². The van der Waals surface area contributed by atoms with Gasteiger partial charge in [-0.3, -0.25) is 0 Å². The van der Waals surface area contributed by atoms with Gasteiger partial charge in [0.25, 0.3) is 0 Å². The minimum atomic E-state index is -4.29. The van der Waals surface area contributed by atoms with E-state index in [1.165, 1.54) is 48.5 Å². The van der Waals surface area contributed by atoms with Gasteiger partial charge in [-0.1, -0.05) is 0 Å². The number of imide groups is 1. The molecule has 34 heavy (non-hydrogen) atoms. The molecule has 10 nitrogen and oxygen atoms in total. The number of aliphatic imine (C=N–C) groups is 1. The van der Waals surface area contributed by atoms with Gasteiger partial charge >= 0.3 is 12.2 Å². The normalized spacial score (nSPS) is 20.4. The molecule has 1 aliphatic rings. The second kappa shape index (κ2) is 8.67. The molecule has 1 aliphatic heterocycles. The first-order valence-corrected chi connectivity index (χ1v) is 11.9. The molecule has 13 heteroatoms. The molecule has 0 spiro atoms. The van der Waals surface area contributed by atoms with Gasteiger partial charge in [-0.25, -0.2) is 36.1 Å². The van der Waals surface area contributed by atoms with Crippen molar-refractivity contribution >= 4 is 33.9 Å². The number of carbonyl (C=O) groups is 2. The molecule has 2 rings (SSSR count). The van der Waals surface area contributed by atoms with E-state index in [9.17, 15) is 26.8 Å². The van der Waals surface area contributed by atoms with Crippen molar-refractivity contribution in [1.82, 2.24) is 9.21 Å². The minimum Gasteiger partial charge on any atom is -0.443 e. The highest BCUT2D eigenvalue weighted by atomic mass is 32.2. The third-order valence-electron chi connectivity index (χ3n) is 4.49. The molecule has 0 bridgehead atoms. The van der Waals surface area contributed by atoms with Gasteiger partial charge in [-0.05, 0) is 60.6 Å². The van der Waals surface area contributed by atoms with Crippen molar-refractivity contribution in [2.75, 3.05) is 18.5 Å². The van der Waals surface area contributed by atoms with Crippen molar-refractivity contribution in [3.8, 4) is 0 Å². The zero-order valence-corrected chi connectivity index (χ0v) is 21.2. The van der Waals surface area contributed by atoms with Gasteiger partial charge in [-0.2, -0.15) is 0 Å². The van der Waals surface area contributed by atoms with Crippen LogP contribution in [0.25, 0.3) is 0 Å². The number of rotatable bonds is 1. The van der Waals surface area contributed by atoms with E-state index in [0.29, 0.717) is 9.21 Å². The summed E-state index contributed by atoms with van der Waals surface area (Å²) in [5.74, 6) is -4.17.